The maximum atomic E-state index is 12.8. The molecule has 3 fully saturated rings. The second-order valence-electron chi connectivity index (χ2n) is 24.4. The van der Waals surface area contributed by atoms with Gasteiger partial charge in [0.25, 0.3) is 16.7 Å². The fourth-order valence-electron chi connectivity index (χ4n) is 9.74. The summed E-state index contributed by atoms with van der Waals surface area (Å²) in [7, 11) is 9.24. The van der Waals surface area contributed by atoms with E-state index in [1.807, 2.05) is 102 Å². The van der Waals surface area contributed by atoms with Gasteiger partial charge < -0.3 is 33.2 Å². The molecule has 0 bridgehead atoms. The molecule has 0 spiro atoms. The van der Waals surface area contributed by atoms with Crippen molar-refractivity contribution in [2.24, 2.45) is 66.0 Å². The number of ether oxygens (including phenoxy) is 7. The molecule has 12 rings (SSSR count). The fraction of sp³-hybridized carbons (Fsp3) is 0.529. The van der Waals surface area contributed by atoms with Gasteiger partial charge in [-0.1, -0.05) is 83.1 Å². The van der Waals surface area contributed by atoms with E-state index in [9.17, 15) is 28.8 Å². The third-order valence-electron chi connectivity index (χ3n) is 15.7. The molecule has 6 aromatic heterocycles. The van der Waals surface area contributed by atoms with Crippen LogP contribution in [0.5, 0.6) is 52.5 Å². The van der Waals surface area contributed by atoms with Crippen molar-refractivity contribution < 1.29 is 33.2 Å². The molecule has 95 heavy (non-hydrogen) atoms. The van der Waals surface area contributed by atoms with Crippen LogP contribution in [0.1, 0.15) is 128 Å². The van der Waals surface area contributed by atoms with Crippen molar-refractivity contribution in [1.82, 2.24) is 56.1 Å². The Bertz CT molecular complexity index is 4380. The van der Waals surface area contributed by atoms with Gasteiger partial charge in [0, 0.05) is 61.9 Å². The van der Waals surface area contributed by atoms with Crippen molar-refractivity contribution in [3.8, 4) is 52.5 Å². The van der Waals surface area contributed by atoms with Crippen LogP contribution >= 0.6 is 0 Å². The molecule has 1 aliphatic heterocycles. The molecule has 2 saturated carbocycles. The first-order valence-electron chi connectivity index (χ1n) is 33.4. The van der Waals surface area contributed by atoms with E-state index in [0.29, 0.717) is 125 Å². The Kier molecular flexibility index (Phi) is 25.7. The Morgan fingerprint density at radius 1 is 0.400 bits per heavy atom. The van der Waals surface area contributed by atoms with E-state index >= 15 is 0 Å². The van der Waals surface area contributed by atoms with Crippen LogP contribution in [0.4, 0.5) is 0 Å². The molecule has 0 radical (unpaired) electrons. The van der Waals surface area contributed by atoms with Crippen LogP contribution in [0.3, 0.4) is 0 Å². The molecular weight excluding hydrogens is 1220 g/mol. The zero-order valence-electron chi connectivity index (χ0n) is 58.8. The first kappa shape index (κ1) is 73.3. The summed E-state index contributed by atoms with van der Waals surface area (Å²) in [6.07, 6.45) is 7.66. The Labute approximate surface area is 554 Å². The van der Waals surface area contributed by atoms with Crippen LogP contribution in [-0.2, 0) is 66.7 Å². The highest BCUT2D eigenvalue weighted by atomic mass is 16.6. The third kappa shape index (κ3) is 17.8. The van der Waals surface area contributed by atoms with Gasteiger partial charge in [0.05, 0.1) is 25.9 Å². The van der Waals surface area contributed by atoms with E-state index in [4.69, 9.17) is 33.2 Å². The summed E-state index contributed by atoms with van der Waals surface area (Å²) in [6.45, 7) is 28.3. The maximum absolute atomic E-state index is 12.8. The largest absolute Gasteiger partial charge is 0.493 e. The van der Waals surface area contributed by atoms with Gasteiger partial charge in [0.15, 0.2) is 33.5 Å². The highest BCUT2D eigenvalue weighted by molar-refractivity contribution is 5.74. The van der Waals surface area contributed by atoms with Crippen molar-refractivity contribution in [1.29, 1.82) is 0 Å². The molecule has 0 N–H and O–H groups in total. The van der Waals surface area contributed by atoms with E-state index in [2.05, 4.69) is 56.5 Å². The van der Waals surface area contributed by atoms with Crippen molar-refractivity contribution in [3.05, 3.63) is 135 Å². The molecule has 2 aliphatic carbocycles. The summed E-state index contributed by atoms with van der Waals surface area (Å²) in [4.78, 5) is 88.9. The lowest BCUT2D eigenvalue weighted by atomic mass is 10.1. The smallest absolute Gasteiger partial charge is 0.332 e. The zero-order valence-corrected chi connectivity index (χ0v) is 58.8. The van der Waals surface area contributed by atoms with Gasteiger partial charge >= 0.3 is 35.1 Å². The van der Waals surface area contributed by atoms with Crippen molar-refractivity contribution in [2.45, 2.75) is 160 Å². The minimum Gasteiger partial charge on any atom is -0.493 e. The third-order valence-corrected chi connectivity index (χ3v) is 15.7. The van der Waals surface area contributed by atoms with E-state index in [1.54, 1.807) is 47.0 Å². The zero-order chi connectivity index (χ0) is 69.5. The molecule has 516 valence electrons. The van der Waals surface area contributed by atoms with E-state index < -0.39 is 17.1 Å². The Balaban J connectivity index is 0.000000193. The van der Waals surface area contributed by atoms with E-state index in [-0.39, 0.29) is 28.8 Å². The summed E-state index contributed by atoms with van der Waals surface area (Å²) in [5, 5.41) is 0. The van der Waals surface area contributed by atoms with Gasteiger partial charge in [-0.3, -0.25) is 55.5 Å². The molecule has 3 aromatic carbocycles. The van der Waals surface area contributed by atoms with Gasteiger partial charge in [-0.05, 0) is 141 Å². The van der Waals surface area contributed by atoms with E-state index in [1.165, 1.54) is 47.7 Å². The van der Waals surface area contributed by atoms with Crippen molar-refractivity contribution >= 4 is 33.5 Å². The second-order valence-corrected chi connectivity index (χ2v) is 24.4. The molecule has 3 aliphatic rings. The molecule has 0 atom stereocenters. The molecule has 9 aromatic rings. The van der Waals surface area contributed by atoms with Crippen LogP contribution < -0.4 is 62.2 Å². The van der Waals surface area contributed by atoms with Gasteiger partial charge in [0.2, 0.25) is 0 Å². The van der Waals surface area contributed by atoms with Crippen molar-refractivity contribution in [3.63, 3.8) is 0 Å². The lowest BCUT2D eigenvalue weighted by Gasteiger charge is -2.26. The van der Waals surface area contributed by atoms with Gasteiger partial charge in [0.1, 0.15) is 40.6 Å². The molecular formula is C70H98N12O13. The fourth-order valence-corrected chi connectivity index (χ4v) is 9.74. The number of nitrogens with zero attached hydrogens (tertiary/aromatic N) is 12. The predicted octanol–water partition coefficient (Wildman–Crippen LogP) is 11.0. The number of rotatable bonds is 22. The number of hydrogen-bond acceptors (Lipinski definition) is 16. The highest BCUT2D eigenvalue weighted by Crippen LogP contribution is 2.33. The van der Waals surface area contributed by atoms with Crippen LogP contribution in [0, 0.1) is 23.7 Å². The molecule has 25 nitrogen and oxygen atoms in total. The summed E-state index contributed by atoms with van der Waals surface area (Å²) >= 11 is 0. The van der Waals surface area contributed by atoms with Gasteiger partial charge in [-0.2, -0.15) is 15.0 Å². The van der Waals surface area contributed by atoms with Gasteiger partial charge in [-0.15, -0.1) is 0 Å². The molecule has 1 saturated heterocycles. The number of hydrogen-bond donors (Lipinski definition) is 0. The summed E-state index contributed by atoms with van der Waals surface area (Å²) < 4.78 is 53.2. The molecule has 0 amide bonds. The average Bonchev–Trinajstić information content (AvgIpc) is 1.64. The first-order chi connectivity index (χ1) is 45.5. The van der Waals surface area contributed by atoms with Crippen LogP contribution in [0.2, 0.25) is 0 Å². The van der Waals surface area contributed by atoms with Crippen LogP contribution in [0.15, 0.2) is 102 Å². The lowest BCUT2D eigenvalue weighted by molar-refractivity contribution is -0.0796. The van der Waals surface area contributed by atoms with Crippen molar-refractivity contribution in [2.75, 3.05) is 19.8 Å². The highest BCUT2D eigenvalue weighted by Gasteiger charge is 2.27. The van der Waals surface area contributed by atoms with Gasteiger partial charge in [-0.25, -0.2) is 14.4 Å². The number of imidazole rings is 3. The topological polar surface area (TPSA) is 250 Å². The normalized spacial score (nSPS) is 13.4. The number of aromatic nitrogens is 12. The van der Waals surface area contributed by atoms with Crippen LogP contribution in [-0.4, -0.2) is 88.1 Å². The number of aryl methyl sites for hydroxylation is 6. The Hall–Kier alpha value is -9.13. The predicted molar refractivity (Wildman–Crippen MR) is 370 cm³/mol. The molecule has 25 heteroatoms. The standard InChI is InChI=1S/C22H28N4O4.C21H26N4O5.C21H26N4O4.3C2H6/c1-14(2)11-12-26-18-19(24(3)22(28)25(4)20(18)27)23-21(26)30-17-9-7-16(8-10-17)29-13-15-5-6-15;1-13(2)9-10-25-17-18(23(3)21(27)24(4)19(17)26)22-20(25)30-15-7-5-14(6-8-15)29-16-11-28-12-16;1-13(2)11-12-25-17-18(23(3)21(27)24(4)19(17)26)22-20(25)29-16-9-7-15(8-10-16)28-14-5-6-14;3*1-2/h7-10,14-15H,5-6,11-13H2,1-4H3;5-8,13,16H,9-12H2,1-4H3;7-10,13-14H,5-6,11-12H2,1-4H3;3*1-2H3. The molecule has 7 heterocycles. The summed E-state index contributed by atoms with van der Waals surface area (Å²) in [5.74, 6) is 6.10. The lowest BCUT2D eigenvalue weighted by Crippen LogP contribution is -2.38. The Morgan fingerprint density at radius 3 is 0.947 bits per heavy atom. The van der Waals surface area contributed by atoms with E-state index in [0.717, 1.165) is 69.7 Å². The summed E-state index contributed by atoms with van der Waals surface area (Å²) in [6, 6.07) is 22.9. The van der Waals surface area contributed by atoms with Crippen LogP contribution in [0.25, 0.3) is 33.5 Å². The number of benzene rings is 3. The second kappa shape index (κ2) is 33.3. The minimum atomic E-state index is -0.422. The monoisotopic (exact) mass is 1310 g/mol. The minimum absolute atomic E-state index is 0.0921. The maximum Gasteiger partial charge on any atom is 0.332 e. The number of fused-ring (bicyclic) bond motifs is 3. The summed E-state index contributed by atoms with van der Waals surface area (Å²) in [5.41, 5.74) is -0.304. The SMILES string of the molecule is CC.CC.CC.CC(C)CCn1c(Oc2ccc(OC3CC3)cc2)nc2c1c(=O)n(C)c(=O)n2C.CC(C)CCn1c(Oc2ccc(OC3COC3)cc2)nc2c1c(=O)n(C)c(=O)n2C.CC(C)CCn1c(Oc2ccc(OCC3CC3)cc2)nc2c1c(=O)n(C)c(=O)n2C. The average molecular weight is 1320 g/mol. The Morgan fingerprint density at radius 2 is 0.684 bits per heavy atom. The first-order valence-corrected chi connectivity index (χ1v) is 33.4. The molecule has 0 unspecified atom stereocenters. The quantitative estimate of drug-likeness (QED) is 0.0611.